The molecular formula is C28H31FN4O3. The van der Waals surface area contributed by atoms with Crippen molar-refractivity contribution in [3.05, 3.63) is 75.5 Å². The van der Waals surface area contributed by atoms with E-state index < -0.39 is 5.82 Å². The van der Waals surface area contributed by atoms with Crippen LogP contribution in [0.15, 0.2) is 47.3 Å². The van der Waals surface area contributed by atoms with Crippen molar-refractivity contribution < 1.29 is 14.0 Å². The summed E-state index contributed by atoms with van der Waals surface area (Å²) in [6.45, 7) is 1.74. The number of halogens is 1. The molecule has 188 valence electrons. The molecule has 0 bridgehead atoms. The van der Waals surface area contributed by atoms with Gasteiger partial charge in [0.15, 0.2) is 0 Å². The van der Waals surface area contributed by atoms with E-state index in [1.54, 1.807) is 29.2 Å². The van der Waals surface area contributed by atoms with Crippen LogP contribution in [0, 0.1) is 11.7 Å². The number of piperazine rings is 1. The van der Waals surface area contributed by atoms with Gasteiger partial charge < -0.3 is 9.80 Å². The van der Waals surface area contributed by atoms with E-state index >= 15 is 0 Å². The lowest BCUT2D eigenvalue weighted by Crippen LogP contribution is -2.51. The zero-order chi connectivity index (χ0) is 25.1. The quantitative estimate of drug-likeness (QED) is 0.588. The maximum Gasteiger partial charge on any atom is 0.272 e. The summed E-state index contributed by atoms with van der Waals surface area (Å²) in [5.74, 6) is -0.286. The average Bonchev–Trinajstić information content (AvgIpc) is 2.92. The molecule has 2 aliphatic rings. The Kier molecular flexibility index (Phi) is 7.11. The van der Waals surface area contributed by atoms with Gasteiger partial charge >= 0.3 is 0 Å². The number of nitrogens with one attached hydrogen (secondary N) is 1. The van der Waals surface area contributed by atoms with Crippen LogP contribution in [0.2, 0.25) is 0 Å². The third-order valence-corrected chi connectivity index (χ3v) is 7.52. The van der Waals surface area contributed by atoms with Gasteiger partial charge in [0.25, 0.3) is 11.5 Å². The second-order valence-electron chi connectivity index (χ2n) is 9.92. The molecule has 1 saturated heterocycles. The van der Waals surface area contributed by atoms with Crippen molar-refractivity contribution in [1.29, 1.82) is 0 Å². The molecule has 2 aromatic carbocycles. The van der Waals surface area contributed by atoms with Crippen LogP contribution >= 0.6 is 0 Å². The molecule has 0 spiro atoms. The highest BCUT2D eigenvalue weighted by molar-refractivity contribution is 5.95. The van der Waals surface area contributed by atoms with Gasteiger partial charge in [-0.1, -0.05) is 43.5 Å². The lowest BCUT2D eigenvalue weighted by Gasteiger charge is -2.36. The number of hydrogen-bond acceptors (Lipinski definition) is 4. The van der Waals surface area contributed by atoms with E-state index in [1.165, 1.54) is 25.3 Å². The van der Waals surface area contributed by atoms with Crippen molar-refractivity contribution in [2.24, 2.45) is 5.92 Å². The number of nitrogens with zero attached hydrogens (tertiary/aromatic N) is 3. The Labute approximate surface area is 209 Å². The molecule has 8 heteroatoms. The summed E-state index contributed by atoms with van der Waals surface area (Å²) in [6, 6.07) is 11.7. The van der Waals surface area contributed by atoms with Crippen LogP contribution in [0.4, 0.5) is 4.39 Å². The van der Waals surface area contributed by atoms with Gasteiger partial charge in [0.2, 0.25) is 5.91 Å². The van der Waals surface area contributed by atoms with Gasteiger partial charge in [-0.25, -0.2) is 9.49 Å². The van der Waals surface area contributed by atoms with Crippen molar-refractivity contribution in [2.75, 3.05) is 26.2 Å². The number of carbonyl (C=O) groups is 2. The smallest absolute Gasteiger partial charge is 0.272 e. The zero-order valence-corrected chi connectivity index (χ0v) is 20.3. The summed E-state index contributed by atoms with van der Waals surface area (Å²) >= 11 is 0. The van der Waals surface area contributed by atoms with Gasteiger partial charge in [-0.15, -0.1) is 0 Å². The van der Waals surface area contributed by atoms with Crippen LogP contribution < -0.4 is 5.56 Å². The fourth-order valence-electron chi connectivity index (χ4n) is 5.44. The normalized spacial score (nSPS) is 16.9. The van der Waals surface area contributed by atoms with Crippen molar-refractivity contribution in [3.63, 3.8) is 0 Å². The molecule has 1 saturated carbocycles. The summed E-state index contributed by atoms with van der Waals surface area (Å²) in [5.41, 5.74) is 1.13. The first-order chi connectivity index (χ1) is 17.5. The molecule has 1 aromatic heterocycles. The van der Waals surface area contributed by atoms with E-state index in [0.717, 1.165) is 23.8 Å². The van der Waals surface area contributed by atoms with Crippen molar-refractivity contribution >= 4 is 22.6 Å². The Morgan fingerprint density at radius 3 is 2.39 bits per heavy atom. The van der Waals surface area contributed by atoms with Gasteiger partial charge in [0.05, 0.1) is 16.6 Å². The molecule has 5 rings (SSSR count). The maximum atomic E-state index is 14.7. The molecule has 0 unspecified atom stereocenters. The van der Waals surface area contributed by atoms with Crippen LogP contribution in [-0.4, -0.2) is 58.0 Å². The number of amides is 2. The average molecular weight is 491 g/mol. The van der Waals surface area contributed by atoms with Crippen molar-refractivity contribution in [2.45, 2.75) is 44.9 Å². The van der Waals surface area contributed by atoms with Crippen molar-refractivity contribution in [1.82, 2.24) is 20.0 Å². The van der Waals surface area contributed by atoms with Crippen LogP contribution in [0.5, 0.6) is 0 Å². The van der Waals surface area contributed by atoms with E-state index in [2.05, 4.69) is 10.2 Å². The molecule has 1 N–H and O–H groups in total. The van der Waals surface area contributed by atoms with E-state index in [9.17, 15) is 18.8 Å². The number of aromatic amines is 1. The van der Waals surface area contributed by atoms with Gasteiger partial charge in [-0.2, -0.15) is 5.10 Å². The van der Waals surface area contributed by atoms with Gasteiger partial charge in [-0.3, -0.25) is 14.4 Å². The summed E-state index contributed by atoms with van der Waals surface area (Å²) in [7, 11) is 0. The third-order valence-electron chi connectivity index (χ3n) is 7.52. The Morgan fingerprint density at radius 1 is 0.944 bits per heavy atom. The summed E-state index contributed by atoms with van der Waals surface area (Å²) < 4.78 is 14.7. The molecular weight excluding hydrogens is 459 g/mol. The van der Waals surface area contributed by atoms with Gasteiger partial charge in [-0.05, 0) is 42.5 Å². The Balaban J connectivity index is 1.25. The van der Waals surface area contributed by atoms with Crippen molar-refractivity contribution in [3.8, 4) is 0 Å². The molecule has 2 amide bonds. The first-order valence-corrected chi connectivity index (χ1v) is 12.8. The van der Waals surface area contributed by atoms with Gasteiger partial charge in [0.1, 0.15) is 5.82 Å². The number of rotatable bonds is 5. The minimum atomic E-state index is -0.571. The standard InChI is InChI=1S/C28H31FN4O3/c29-24-11-10-20(17-25-21-8-4-5-9-22(21)27(35)31-30-25)16-23(24)28(36)33-14-12-32(13-15-33)26(34)18-19-6-2-1-3-7-19/h4-5,8-11,16,19H,1-3,6-7,12-15,17-18H2,(H,31,35). The largest absolute Gasteiger partial charge is 0.339 e. The van der Waals surface area contributed by atoms with Crippen LogP contribution in [0.25, 0.3) is 10.8 Å². The maximum absolute atomic E-state index is 14.7. The molecule has 0 radical (unpaired) electrons. The van der Waals surface area contributed by atoms with E-state index in [4.69, 9.17) is 0 Å². The number of fused-ring (bicyclic) bond motifs is 1. The molecule has 3 aromatic rings. The lowest BCUT2D eigenvalue weighted by atomic mass is 9.86. The molecule has 1 aliphatic carbocycles. The molecule has 36 heavy (non-hydrogen) atoms. The minimum absolute atomic E-state index is 0.0169. The number of aromatic nitrogens is 2. The summed E-state index contributed by atoms with van der Waals surface area (Å²) in [6.07, 6.45) is 6.88. The highest BCUT2D eigenvalue weighted by Gasteiger charge is 2.28. The number of hydrogen-bond donors (Lipinski definition) is 1. The highest BCUT2D eigenvalue weighted by Crippen LogP contribution is 2.27. The fraction of sp³-hybridized carbons (Fsp3) is 0.429. The molecule has 7 nitrogen and oxygen atoms in total. The van der Waals surface area contributed by atoms with Crippen LogP contribution in [0.3, 0.4) is 0 Å². The second-order valence-corrected chi connectivity index (χ2v) is 9.92. The van der Waals surface area contributed by atoms with E-state index in [1.807, 2.05) is 17.0 Å². The minimum Gasteiger partial charge on any atom is -0.339 e. The molecule has 0 atom stereocenters. The Hall–Kier alpha value is -3.55. The first-order valence-electron chi connectivity index (χ1n) is 12.8. The molecule has 1 aliphatic heterocycles. The third kappa shape index (κ3) is 5.17. The monoisotopic (exact) mass is 490 g/mol. The summed E-state index contributed by atoms with van der Waals surface area (Å²) in [5, 5.41) is 7.97. The van der Waals surface area contributed by atoms with Crippen LogP contribution in [0.1, 0.15) is 60.1 Å². The molecule has 2 fully saturated rings. The predicted octanol–water partition coefficient (Wildman–Crippen LogP) is 3.91. The second kappa shape index (κ2) is 10.6. The first kappa shape index (κ1) is 24.2. The van der Waals surface area contributed by atoms with E-state index in [-0.39, 0.29) is 22.9 Å². The predicted molar refractivity (Wildman–Crippen MR) is 135 cm³/mol. The highest BCUT2D eigenvalue weighted by atomic mass is 19.1. The SMILES string of the molecule is O=C(CC1CCCCC1)N1CCN(C(=O)c2cc(Cc3n[nH]c(=O)c4ccccc34)ccc2F)CC1. The topological polar surface area (TPSA) is 86.4 Å². The van der Waals surface area contributed by atoms with E-state index in [0.29, 0.717) is 56.0 Å². The number of benzene rings is 2. The fourth-order valence-corrected chi connectivity index (χ4v) is 5.44. The Bertz CT molecular complexity index is 1320. The van der Waals surface area contributed by atoms with Crippen LogP contribution in [-0.2, 0) is 11.2 Å². The number of carbonyl (C=O) groups excluding carboxylic acids is 2. The number of H-pyrrole nitrogens is 1. The van der Waals surface area contributed by atoms with Gasteiger partial charge in [0, 0.05) is 44.4 Å². The zero-order valence-electron chi connectivity index (χ0n) is 20.3. The molecule has 2 heterocycles. The lowest BCUT2D eigenvalue weighted by molar-refractivity contribution is -0.133. The summed E-state index contributed by atoms with van der Waals surface area (Å²) in [4.78, 5) is 41.5. The Morgan fingerprint density at radius 2 is 1.64 bits per heavy atom.